The summed E-state index contributed by atoms with van der Waals surface area (Å²) in [5.41, 5.74) is 4.63. The third-order valence-corrected chi connectivity index (χ3v) is 12.6. The highest BCUT2D eigenvalue weighted by Gasteiger charge is 2.45. The number of aliphatic imine (C=N–C) groups is 1. The third-order valence-electron chi connectivity index (χ3n) is 11.1. The molecule has 0 bridgehead atoms. The van der Waals surface area contributed by atoms with Crippen molar-refractivity contribution in [2.45, 2.75) is 103 Å². The van der Waals surface area contributed by atoms with Gasteiger partial charge in [-0.15, -0.1) is 21.5 Å². The number of imide groups is 2. The van der Waals surface area contributed by atoms with E-state index < -0.39 is 35.7 Å². The van der Waals surface area contributed by atoms with Gasteiger partial charge in [-0.1, -0.05) is 68.0 Å². The van der Waals surface area contributed by atoms with Crippen LogP contribution in [0.2, 0.25) is 5.02 Å². The molecule has 2 atom stereocenters. The van der Waals surface area contributed by atoms with Gasteiger partial charge in [-0.3, -0.25) is 48.5 Å². The molecule has 1 saturated heterocycles. The van der Waals surface area contributed by atoms with Crippen LogP contribution < -0.4 is 16.0 Å². The molecule has 2 aromatic carbocycles. The largest absolute Gasteiger partial charge is 0.356 e. The molecule has 4 aromatic rings. The van der Waals surface area contributed by atoms with Crippen molar-refractivity contribution < 1.29 is 28.8 Å². The normalized spacial score (nSPS) is 17.2. The number of carbonyl (C=O) groups excluding carboxylic acids is 6. The van der Waals surface area contributed by atoms with E-state index in [1.54, 1.807) is 23.5 Å². The van der Waals surface area contributed by atoms with Crippen LogP contribution in [0, 0.1) is 20.8 Å². The van der Waals surface area contributed by atoms with E-state index in [2.05, 4.69) is 40.0 Å². The van der Waals surface area contributed by atoms with E-state index >= 15 is 0 Å². The zero-order valence-electron chi connectivity index (χ0n) is 33.4. The molecule has 3 aliphatic rings. The maximum atomic E-state index is 13.3. The van der Waals surface area contributed by atoms with Gasteiger partial charge in [0.25, 0.3) is 11.8 Å². The maximum absolute atomic E-state index is 13.3. The number of rotatable bonds is 16. The molecule has 308 valence electrons. The number of piperidine rings is 1. The number of halogens is 1. The van der Waals surface area contributed by atoms with Gasteiger partial charge < -0.3 is 10.6 Å². The van der Waals surface area contributed by atoms with Crippen LogP contribution in [-0.4, -0.2) is 80.0 Å². The summed E-state index contributed by atoms with van der Waals surface area (Å²) in [5.74, 6) is -1.28. The minimum absolute atomic E-state index is 0.0365. The lowest BCUT2D eigenvalue weighted by Gasteiger charge is -2.27. The van der Waals surface area contributed by atoms with Gasteiger partial charge in [0.1, 0.15) is 22.9 Å². The number of carbonyl (C=O) groups is 6. The van der Waals surface area contributed by atoms with Gasteiger partial charge in [0.2, 0.25) is 23.6 Å². The van der Waals surface area contributed by atoms with Gasteiger partial charge in [-0.2, -0.15) is 0 Å². The minimum atomic E-state index is -1.06. The van der Waals surface area contributed by atoms with E-state index in [4.69, 9.17) is 16.6 Å². The summed E-state index contributed by atoms with van der Waals surface area (Å²) in [6, 6.07) is 10.8. The van der Waals surface area contributed by atoms with Crippen molar-refractivity contribution in [1.82, 2.24) is 35.6 Å². The molecule has 0 radical (unpaired) electrons. The summed E-state index contributed by atoms with van der Waals surface area (Å²) >= 11 is 7.90. The van der Waals surface area contributed by atoms with Crippen molar-refractivity contribution in [2.24, 2.45) is 4.99 Å². The van der Waals surface area contributed by atoms with E-state index in [-0.39, 0.29) is 48.6 Å². The van der Waals surface area contributed by atoms with Gasteiger partial charge in [0.15, 0.2) is 5.82 Å². The smallest absolute Gasteiger partial charge is 0.262 e. The second-order valence-corrected chi connectivity index (χ2v) is 16.9. The fraction of sp³-hybridized carbons (Fsp3) is 0.419. The minimum Gasteiger partial charge on any atom is -0.356 e. The Morgan fingerprint density at radius 1 is 0.847 bits per heavy atom. The molecule has 5 heterocycles. The lowest BCUT2D eigenvalue weighted by molar-refractivity contribution is -0.136. The maximum Gasteiger partial charge on any atom is 0.262 e. The summed E-state index contributed by atoms with van der Waals surface area (Å²) in [4.78, 5) is 83.7. The number of aryl methyl sites for hydroxylation is 2. The second-order valence-electron chi connectivity index (χ2n) is 15.2. The van der Waals surface area contributed by atoms with E-state index in [0.717, 1.165) is 83.1 Å². The lowest BCUT2D eigenvalue weighted by atomic mass is 9.99. The molecule has 59 heavy (non-hydrogen) atoms. The highest BCUT2D eigenvalue weighted by molar-refractivity contribution is 7.15. The first-order chi connectivity index (χ1) is 28.4. The fourth-order valence-corrected chi connectivity index (χ4v) is 9.28. The van der Waals surface area contributed by atoms with Gasteiger partial charge in [0.05, 0.1) is 29.7 Å². The Labute approximate surface area is 351 Å². The molecule has 3 aliphatic heterocycles. The van der Waals surface area contributed by atoms with Gasteiger partial charge in [-0.25, -0.2) is 0 Å². The summed E-state index contributed by atoms with van der Waals surface area (Å²) in [6.07, 6.45) is 6.86. The predicted octanol–water partition coefficient (Wildman–Crippen LogP) is 5.80. The first kappa shape index (κ1) is 41.6. The van der Waals surface area contributed by atoms with E-state index in [1.807, 2.05) is 35.8 Å². The quantitative estimate of drug-likeness (QED) is 0.0935. The van der Waals surface area contributed by atoms with Crippen LogP contribution in [0.4, 0.5) is 0 Å². The Kier molecular flexibility index (Phi) is 12.8. The molecule has 0 spiro atoms. The van der Waals surface area contributed by atoms with Crippen LogP contribution in [0.1, 0.15) is 130 Å². The highest BCUT2D eigenvalue weighted by Crippen LogP contribution is 2.39. The van der Waals surface area contributed by atoms with Crippen molar-refractivity contribution >= 4 is 64.1 Å². The molecule has 2 aromatic heterocycles. The predicted molar refractivity (Wildman–Crippen MR) is 223 cm³/mol. The summed E-state index contributed by atoms with van der Waals surface area (Å²) < 4.78 is 2.04. The van der Waals surface area contributed by atoms with Crippen LogP contribution in [0.5, 0.6) is 0 Å². The number of unbranched alkanes of at least 4 members (excludes halogenated alkanes) is 6. The number of fused-ring (bicyclic) bond motifs is 4. The zero-order chi connectivity index (χ0) is 41.8. The Hall–Kier alpha value is -5.54. The van der Waals surface area contributed by atoms with Crippen LogP contribution in [-0.2, 0) is 25.6 Å². The zero-order valence-corrected chi connectivity index (χ0v) is 34.9. The van der Waals surface area contributed by atoms with Crippen LogP contribution in [0.15, 0.2) is 47.5 Å². The first-order valence-corrected chi connectivity index (χ1v) is 21.4. The van der Waals surface area contributed by atoms with Crippen LogP contribution in [0.3, 0.4) is 0 Å². The van der Waals surface area contributed by atoms with Crippen molar-refractivity contribution in [2.75, 3.05) is 13.1 Å². The van der Waals surface area contributed by atoms with Crippen molar-refractivity contribution in [3.8, 4) is 5.00 Å². The molecule has 1 fully saturated rings. The molecule has 16 heteroatoms. The van der Waals surface area contributed by atoms with E-state index in [9.17, 15) is 28.8 Å². The van der Waals surface area contributed by atoms with Crippen LogP contribution in [0.25, 0.3) is 5.00 Å². The van der Waals surface area contributed by atoms with Gasteiger partial charge >= 0.3 is 0 Å². The number of benzene rings is 2. The standard InChI is InChI=1S/C43H47ClN8O6S/c1-24-25(2)59-43-36(24)38(27-14-16-29(44)17-15-27)47-31(39-50-49-26(3)51(39)43)23-35(55)46-21-10-8-6-4-5-7-9-20-45-34(54)22-28-12-11-13-30-37(28)42(58)52(41(30)57)32-18-19-33(53)48-40(32)56/h11-17,31-32H,4-10,18-23H2,1-3H3,(H,45,54)(H,46,55)(H,48,53,56)/t31-,32?/m0/s1. The summed E-state index contributed by atoms with van der Waals surface area (Å²) in [7, 11) is 0. The lowest BCUT2D eigenvalue weighted by Crippen LogP contribution is -2.54. The number of aromatic nitrogens is 3. The van der Waals surface area contributed by atoms with Gasteiger partial charge in [-0.05, 0) is 69.4 Å². The number of hydrogen-bond acceptors (Lipinski definition) is 10. The number of nitrogens with one attached hydrogen (secondary N) is 3. The van der Waals surface area contributed by atoms with E-state index in [1.165, 1.54) is 10.9 Å². The number of thiophene rings is 1. The Morgan fingerprint density at radius 2 is 1.53 bits per heavy atom. The fourth-order valence-electron chi connectivity index (χ4n) is 7.94. The average Bonchev–Trinajstić information content (AvgIpc) is 3.78. The molecule has 1 unspecified atom stereocenters. The molecule has 0 saturated carbocycles. The highest BCUT2D eigenvalue weighted by atomic mass is 35.5. The Balaban J connectivity index is 0.811. The molecule has 7 rings (SSSR count). The molecular weight excluding hydrogens is 792 g/mol. The third kappa shape index (κ3) is 8.91. The molecular formula is C43H47ClN8O6S. The Morgan fingerprint density at radius 3 is 2.22 bits per heavy atom. The average molecular weight is 839 g/mol. The van der Waals surface area contributed by atoms with Crippen molar-refractivity contribution in [3.05, 3.63) is 97.4 Å². The van der Waals surface area contributed by atoms with Gasteiger partial charge in [0, 0.05) is 40.5 Å². The topological polar surface area (TPSA) is 185 Å². The molecule has 6 amide bonds. The second kappa shape index (κ2) is 18.2. The molecule has 3 N–H and O–H groups in total. The van der Waals surface area contributed by atoms with Crippen LogP contribution >= 0.6 is 22.9 Å². The van der Waals surface area contributed by atoms with Crippen molar-refractivity contribution in [3.63, 3.8) is 0 Å². The van der Waals surface area contributed by atoms with E-state index in [0.29, 0.717) is 29.5 Å². The monoisotopic (exact) mass is 838 g/mol. The van der Waals surface area contributed by atoms with Crippen molar-refractivity contribution in [1.29, 1.82) is 0 Å². The first-order valence-electron chi connectivity index (χ1n) is 20.2. The number of amides is 6. The summed E-state index contributed by atoms with van der Waals surface area (Å²) in [6.45, 7) is 7.18. The summed E-state index contributed by atoms with van der Waals surface area (Å²) in [5, 5.41) is 18.7. The number of nitrogens with zero attached hydrogens (tertiary/aromatic N) is 5. The Bertz CT molecular complexity index is 2350. The number of hydrogen-bond donors (Lipinski definition) is 3. The molecule has 14 nitrogen and oxygen atoms in total. The SMILES string of the molecule is Cc1sc2c(c1C)C(c1ccc(Cl)cc1)=N[C@@H](CC(=O)NCCCCCCCCCNC(=O)Cc1cccc3c1C(=O)N(C1CCC(=O)NC1=O)C3=O)c1nnc(C)n1-2. The molecule has 0 aliphatic carbocycles.